The van der Waals surface area contributed by atoms with Crippen LogP contribution in [0.15, 0.2) is 53.7 Å². The van der Waals surface area contributed by atoms with Crippen LogP contribution in [0.5, 0.6) is 0 Å². The molecule has 2 unspecified atom stereocenters. The Morgan fingerprint density at radius 2 is 1.41 bits per heavy atom. The van der Waals surface area contributed by atoms with Gasteiger partial charge in [0.2, 0.25) is 0 Å². The molecule has 2 heterocycles. The Labute approximate surface area is 162 Å². The predicted octanol–water partition coefficient (Wildman–Crippen LogP) is 4.57. The first-order chi connectivity index (χ1) is 13.3. The molecule has 3 aliphatic rings. The molecule has 3 heteroatoms. The third-order valence-corrected chi connectivity index (χ3v) is 6.79. The maximum atomic E-state index is 6.22. The number of oxime groups is 1. The molecule has 0 aromatic heterocycles. The molecule has 0 spiro atoms. The van der Waals surface area contributed by atoms with Crippen molar-refractivity contribution in [2.75, 3.05) is 7.05 Å². The summed E-state index contributed by atoms with van der Waals surface area (Å²) in [5.74, 6) is 0. The van der Waals surface area contributed by atoms with Gasteiger partial charge in [0.1, 0.15) is 11.8 Å². The van der Waals surface area contributed by atoms with Crippen LogP contribution in [-0.2, 0) is 17.7 Å². The smallest absolute Gasteiger partial charge is 0.130 e. The molecule has 0 amide bonds. The van der Waals surface area contributed by atoms with Crippen LogP contribution >= 0.6 is 0 Å². The summed E-state index contributed by atoms with van der Waals surface area (Å²) in [7, 11) is 2.27. The van der Waals surface area contributed by atoms with Crippen molar-refractivity contribution in [2.24, 2.45) is 5.16 Å². The molecular weight excluding hydrogens is 332 g/mol. The summed E-state index contributed by atoms with van der Waals surface area (Å²) in [6.45, 7) is 0. The van der Waals surface area contributed by atoms with Gasteiger partial charge < -0.3 is 9.74 Å². The quantitative estimate of drug-likeness (QED) is 0.733. The van der Waals surface area contributed by atoms with Crippen LogP contribution in [0, 0.1) is 0 Å². The van der Waals surface area contributed by atoms with Crippen LogP contribution in [0.3, 0.4) is 0 Å². The van der Waals surface area contributed by atoms with Gasteiger partial charge in [-0.1, -0.05) is 53.7 Å². The highest BCUT2D eigenvalue weighted by Crippen LogP contribution is 2.36. The summed E-state index contributed by atoms with van der Waals surface area (Å²) in [5, 5.41) is 4.81. The summed E-state index contributed by atoms with van der Waals surface area (Å²) in [5.41, 5.74) is 6.27. The monoisotopic (exact) mass is 360 g/mol. The fraction of sp³-hybridized carbons (Fsp3) is 0.458. The highest BCUT2D eigenvalue weighted by molar-refractivity contribution is 6.14. The average Bonchev–Trinajstić information content (AvgIpc) is 2.89. The molecule has 27 heavy (non-hydrogen) atoms. The van der Waals surface area contributed by atoms with E-state index in [0.29, 0.717) is 12.1 Å². The first-order valence-electron chi connectivity index (χ1n) is 10.4. The lowest BCUT2D eigenvalue weighted by molar-refractivity contribution is -0.00950. The Hall–Kier alpha value is -2.13. The Morgan fingerprint density at radius 1 is 0.852 bits per heavy atom. The van der Waals surface area contributed by atoms with E-state index in [4.69, 9.17) is 9.99 Å². The van der Waals surface area contributed by atoms with E-state index in [1.165, 1.54) is 41.5 Å². The second-order valence-corrected chi connectivity index (χ2v) is 8.36. The summed E-state index contributed by atoms with van der Waals surface area (Å²) in [4.78, 5) is 8.77. The highest BCUT2D eigenvalue weighted by atomic mass is 16.6. The molecular formula is C24H28N2O. The molecule has 2 aromatic rings. The van der Waals surface area contributed by atoms with E-state index in [-0.39, 0.29) is 6.10 Å². The van der Waals surface area contributed by atoms with Gasteiger partial charge in [-0.3, -0.25) is 0 Å². The first kappa shape index (κ1) is 17.0. The lowest BCUT2D eigenvalue weighted by atomic mass is 9.87. The van der Waals surface area contributed by atoms with Crippen LogP contribution in [0.25, 0.3) is 0 Å². The van der Waals surface area contributed by atoms with Crippen molar-refractivity contribution in [2.45, 2.75) is 63.1 Å². The van der Waals surface area contributed by atoms with E-state index in [1.54, 1.807) is 0 Å². The van der Waals surface area contributed by atoms with Gasteiger partial charge >= 0.3 is 0 Å². The largest absolute Gasteiger partial charge is 0.392 e. The highest BCUT2D eigenvalue weighted by Gasteiger charge is 2.39. The fourth-order valence-corrected chi connectivity index (χ4v) is 5.23. The Morgan fingerprint density at radius 3 is 2.00 bits per heavy atom. The van der Waals surface area contributed by atoms with Gasteiger partial charge in [0, 0.05) is 36.1 Å². The number of nitrogens with zero attached hydrogens (tertiary/aromatic N) is 2. The van der Waals surface area contributed by atoms with Crippen molar-refractivity contribution >= 4 is 5.71 Å². The van der Waals surface area contributed by atoms with E-state index >= 15 is 0 Å². The molecule has 0 N–H and O–H groups in total. The van der Waals surface area contributed by atoms with Crippen LogP contribution < -0.4 is 0 Å². The van der Waals surface area contributed by atoms with Gasteiger partial charge in [0.25, 0.3) is 0 Å². The zero-order valence-electron chi connectivity index (χ0n) is 16.1. The van der Waals surface area contributed by atoms with Crippen molar-refractivity contribution in [3.63, 3.8) is 0 Å². The second-order valence-electron chi connectivity index (χ2n) is 8.36. The van der Waals surface area contributed by atoms with Crippen molar-refractivity contribution in [3.05, 3.63) is 70.8 Å². The maximum absolute atomic E-state index is 6.22. The molecule has 1 aliphatic carbocycles. The number of rotatable bonds is 2. The van der Waals surface area contributed by atoms with Gasteiger partial charge in [-0.15, -0.1) is 0 Å². The normalized spacial score (nSPS) is 27.3. The van der Waals surface area contributed by atoms with Gasteiger partial charge in [-0.2, -0.15) is 0 Å². The molecule has 2 atom stereocenters. The molecule has 2 aromatic carbocycles. The lowest BCUT2D eigenvalue weighted by Crippen LogP contribution is -2.42. The standard InChI is InChI=1S/C24H28N2O/c1-26-19-13-14-20(26)16-21(15-19)27-25-24-22-11-4-2-7-17(22)9-6-10-18-8-3-5-12-23(18)24/h2-5,7-8,11-12,19-21H,6,9-10,13-16H2,1H3. The molecule has 2 saturated heterocycles. The number of hydrogen-bond acceptors (Lipinski definition) is 3. The molecule has 3 nitrogen and oxygen atoms in total. The Bertz CT molecular complexity index is 795. The van der Waals surface area contributed by atoms with Gasteiger partial charge in [0.05, 0.1) is 0 Å². The van der Waals surface area contributed by atoms with Crippen molar-refractivity contribution in [1.82, 2.24) is 4.90 Å². The zero-order chi connectivity index (χ0) is 18.2. The molecule has 0 saturated carbocycles. The number of fused-ring (bicyclic) bond motifs is 4. The molecule has 5 rings (SSSR count). The van der Waals surface area contributed by atoms with Crippen LogP contribution in [0.4, 0.5) is 0 Å². The van der Waals surface area contributed by atoms with Gasteiger partial charge in [-0.25, -0.2) is 0 Å². The number of piperidine rings is 1. The van der Waals surface area contributed by atoms with E-state index in [0.717, 1.165) is 31.4 Å². The van der Waals surface area contributed by atoms with Crippen molar-refractivity contribution < 1.29 is 4.84 Å². The van der Waals surface area contributed by atoms with Crippen LogP contribution in [0.2, 0.25) is 0 Å². The first-order valence-corrected chi connectivity index (χ1v) is 10.4. The Kier molecular flexibility index (Phi) is 4.48. The molecule has 2 fully saturated rings. The lowest BCUT2D eigenvalue weighted by Gasteiger charge is -2.35. The van der Waals surface area contributed by atoms with Crippen molar-refractivity contribution in [3.8, 4) is 0 Å². The van der Waals surface area contributed by atoms with Crippen molar-refractivity contribution in [1.29, 1.82) is 0 Å². The minimum atomic E-state index is 0.246. The number of benzene rings is 2. The minimum Gasteiger partial charge on any atom is -0.392 e. The van der Waals surface area contributed by atoms with Gasteiger partial charge in [-0.05, 0) is 50.3 Å². The third-order valence-electron chi connectivity index (χ3n) is 6.79. The molecule has 0 radical (unpaired) electrons. The van der Waals surface area contributed by atoms with E-state index < -0.39 is 0 Å². The van der Waals surface area contributed by atoms with Crippen LogP contribution in [0.1, 0.15) is 54.4 Å². The van der Waals surface area contributed by atoms with Gasteiger partial charge in [0.15, 0.2) is 0 Å². The molecule has 2 aliphatic heterocycles. The molecule has 140 valence electrons. The number of aryl methyl sites for hydroxylation is 2. The van der Waals surface area contributed by atoms with E-state index in [1.807, 2.05) is 0 Å². The SMILES string of the molecule is CN1C2CCC1CC(ON=C1c3ccccc3CCCc3ccccc31)C2. The third kappa shape index (κ3) is 3.19. The Balaban J connectivity index is 1.49. The second kappa shape index (κ2) is 7.12. The summed E-state index contributed by atoms with van der Waals surface area (Å²) in [6.07, 6.45) is 8.45. The van der Waals surface area contributed by atoms with Crippen LogP contribution in [-0.4, -0.2) is 35.8 Å². The predicted molar refractivity (Wildman–Crippen MR) is 109 cm³/mol. The summed E-state index contributed by atoms with van der Waals surface area (Å²) < 4.78 is 0. The van der Waals surface area contributed by atoms with E-state index in [9.17, 15) is 0 Å². The zero-order valence-corrected chi connectivity index (χ0v) is 16.1. The maximum Gasteiger partial charge on any atom is 0.130 e. The summed E-state index contributed by atoms with van der Waals surface area (Å²) in [6, 6.07) is 18.8. The van der Waals surface area contributed by atoms with E-state index in [2.05, 4.69) is 60.5 Å². The topological polar surface area (TPSA) is 24.8 Å². The number of hydrogen-bond donors (Lipinski definition) is 0. The minimum absolute atomic E-state index is 0.246. The molecule has 2 bridgehead atoms. The average molecular weight is 361 g/mol. The summed E-state index contributed by atoms with van der Waals surface area (Å²) >= 11 is 0. The fourth-order valence-electron chi connectivity index (χ4n) is 5.23.